The summed E-state index contributed by atoms with van der Waals surface area (Å²) in [5.74, 6) is 2.94. The highest BCUT2D eigenvalue weighted by molar-refractivity contribution is 5.71. The van der Waals surface area contributed by atoms with Crippen molar-refractivity contribution in [2.24, 2.45) is 0 Å². The summed E-state index contributed by atoms with van der Waals surface area (Å²) in [5.41, 5.74) is 3.30. The standard InChI is InChI=1S/C25H26O4/c1-24(2)12-10-19-21(28-24)8-5-15-13-16(14-27-22(15)19)17-6-7-20(26)18-9-11-25(3,4)29-23(17)18/h5-12,16,26H,13-14H2,1-4H3/t16-/m0/s1. The lowest BCUT2D eigenvalue weighted by Gasteiger charge is -2.34. The number of aromatic hydroxyl groups is 1. The fraction of sp³-hybridized carbons (Fsp3) is 0.360. The van der Waals surface area contributed by atoms with Crippen LogP contribution in [0.5, 0.6) is 23.0 Å². The van der Waals surface area contributed by atoms with Crippen molar-refractivity contribution in [3.8, 4) is 23.0 Å². The van der Waals surface area contributed by atoms with Crippen LogP contribution >= 0.6 is 0 Å². The Bertz CT molecular complexity index is 1060. The SMILES string of the molecule is CC1(C)C=Cc2c(ccc3c2OC[C@@H](c2ccc(O)c4c2OC(C)(C)C=C4)C3)O1. The first-order chi connectivity index (χ1) is 13.7. The molecule has 0 radical (unpaired) electrons. The van der Waals surface area contributed by atoms with Crippen LogP contribution < -0.4 is 14.2 Å². The molecule has 0 spiro atoms. The first kappa shape index (κ1) is 18.2. The molecule has 0 saturated carbocycles. The van der Waals surface area contributed by atoms with E-state index in [0.29, 0.717) is 6.61 Å². The van der Waals surface area contributed by atoms with Gasteiger partial charge in [-0.2, -0.15) is 0 Å². The normalized spacial score (nSPS) is 22.4. The number of ether oxygens (including phenoxy) is 3. The third kappa shape index (κ3) is 3.07. The summed E-state index contributed by atoms with van der Waals surface area (Å²) in [6.07, 6.45) is 8.96. The van der Waals surface area contributed by atoms with E-state index >= 15 is 0 Å². The quantitative estimate of drug-likeness (QED) is 0.700. The van der Waals surface area contributed by atoms with Crippen LogP contribution in [0.15, 0.2) is 36.4 Å². The van der Waals surface area contributed by atoms with Gasteiger partial charge in [0.05, 0.1) is 17.7 Å². The first-order valence-electron chi connectivity index (χ1n) is 10.1. The summed E-state index contributed by atoms with van der Waals surface area (Å²) in [7, 11) is 0. The molecule has 3 aliphatic rings. The van der Waals surface area contributed by atoms with E-state index in [1.807, 2.05) is 52.0 Å². The van der Waals surface area contributed by atoms with Crippen molar-refractivity contribution in [1.29, 1.82) is 0 Å². The molecule has 0 amide bonds. The van der Waals surface area contributed by atoms with Gasteiger partial charge in [-0.05, 0) is 76.1 Å². The van der Waals surface area contributed by atoms with Gasteiger partial charge in [0, 0.05) is 11.5 Å². The number of hydrogen-bond acceptors (Lipinski definition) is 4. The molecule has 3 aliphatic heterocycles. The fourth-order valence-electron chi connectivity index (χ4n) is 4.30. The molecular formula is C25H26O4. The Morgan fingerprint density at radius 1 is 0.862 bits per heavy atom. The molecule has 4 nitrogen and oxygen atoms in total. The minimum atomic E-state index is -0.406. The summed E-state index contributed by atoms with van der Waals surface area (Å²) in [6.45, 7) is 8.70. The lowest BCUT2D eigenvalue weighted by molar-refractivity contribution is 0.152. The molecule has 0 aromatic heterocycles. The molecule has 29 heavy (non-hydrogen) atoms. The Morgan fingerprint density at radius 2 is 1.59 bits per heavy atom. The maximum Gasteiger partial charge on any atom is 0.135 e. The van der Waals surface area contributed by atoms with Gasteiger partial charge in [0.25, 0.3) is 0 Å². The molecular weight excluding hydrogens is 364 g/mol. The monoisotopic (exact) mass is 390 g/mol. The van der Waals surface area contributed by atoms with Crippen molar-refractivity contribution in [1.82, 2.24) is 0 Å². The fourth-order valence-corrected chi connectivity index (χ4v) is 4.30. The van der Waals surface area contributed by atoms with Gasteiger partial charge in [-0.15, -0.1) is 0 Å². The summed E-state index contributed by atoms with van der Waals surface area (Å²) >= 11 is 0. The van der Waals surface area contributed by atoms with Crippen LogP contribution in [-0.2, 0) is 6.42 Å². The van der Waals surface area contributed by atoms with Crippen molar-refractivity contribution in [3.63, 3.8) is 0 Å². The molecule has 2 aromatic rings. The summed E-state index contributed by atoms with van der Waals surface area (Å²) in [5, 5.41) is 10.3. The number of phenols is 1. The topological polar surface area (TPSA) is 47.9 Å². The lowest BCUT2D eigenvalue weighted by Crippen LogP contribution is -2.30. The number of benzene rings is 2. The zero-order valence-corrected chi connectivity index (χ0v) is 17.3. The van der Waals surface area contributed by atoms with E-state index in [0.717, 1.165) is 40.4 Å². The molecule has 2 aromatic carbocycles. The zero-order chi connectivity index (χ0) is 20.4. The van der Waals surface area contributed by atoms with Crippen LogP contribution in [0.4, 0.5) is 0 Å². The molecule has 0 unspecified atom stereocenters. The van der Waals surface area contributed by atoms with E-state index < -0.39 is 5.60 Å². The Labute approximate surface area is 171 Å². The summed E-state index contributed by atoms with van der Waals surface area (Å²) in [6, 6.07) is 7.86. The Morgan fingerprint density at radius 3 is 2.38 bits per heavy atom. The minimum absolute atomic E-state index is 0.155. The predicted octanol–water partition coefficient (Wildman–Crippen LogP) is 5.48. The van der Waals surface area contributed by atoms with Gasteiger partial charge in [-0.3, -0.25) is 0 Å². The molecule has 150 valence electrons. The average Bonchev–Trinajstić information content (AvgIpc) is 2.66. The maximum absolute atomic E-state index is 10.3. The largest absolute Gasteiger partial charge is 0.507 e. The van der Waals surface area contributed by atoms with E-state index in [1.165, 1.54) is 5.56 Å². The summed E-state index contributed by atoms with van der Waals surface area (Å²) < 4.78 is 18.6. The second-order valence-electron chi connectivity index (χ2n) is 9.17. The highest BCUT2D eigenvalue weighted by Gasteiger charge is 2.33. The third-order valence-electron chi connectivity index (χ3n) is 5.82. The lowest BCUT2D eigenvalue weighted by atomic mass is 9.86. The average molecular weight is 390 g/mol. The minimum Gasteiger partial charge on any atom is -0.507 e. The molecule has 3 heterocycles. The van der Waals surface area contributed by atoms with Crippen molar-refractivity contribution in [2.75, 3.05) is 6.61 Å². The van der Waals surface area contributed by atoms with Gasteiger partial charge in [0.1, 0.15) is 34.2 Å². The summed E-state index contributed by atoms with van der Waals surface area (Å²) in [4.78, 5) is 0. The molecule has 5 rings (SSSR count). The number of fused-ring (bicyclic) bond motifs is 4. The number of phenolic OH excluding ortho intramolecular Hbond substituents is 1. The van der Waals surface area contributed by atoms with Crippen LogP contribution in [0, 0.1) is 0 Å². The number of rotatable bonds is 1. The van der Waals surface area contributed by atoms with Crippen molar-refractivity contribution >= 4 is 12.2 Å². The second-order valence-corrected chi connectivity index (χ2v) is 9.17. The molecule has 1 atom stereocenters. The molecule has 4 heteroatoms. The van der Waals surface area contributed by atoms with Crippen molar-refractivity contribution in [3.05, 3.63) is 58.7 Å². The van der Waals surface area contributed by atoms with Gasteiger partial charge < -0.3 is 19.3 Å². The zero-order valence-electron chi connectivity index (χ0n) is 17.3. The molecule has 0 fully saturated rings. The molecule has 0 bridgehead atoms. The molecule has 0 saturated heterocycles. The van der Waals surface area contributed by atoms with E-state index in [2.05, 4.69) is 18.2 Å². The van der Waals surface area contributed by atoms with E-state index in [9.17, 15) is 5.11 Å². The Kier molecular flexibility index (Phi) is 3.79. The highest BCUT2D eigenvalue weighted by Crippen LogP contribution is 2.47. The van der Waals surface area contributed by atoms with Crippen LogP contribution in [-0.4, -0.2) is 22.9 Å². The second kappa shape index (κ2) is 6.06. The van der Waals surface area contributed by atoms with Crippen LogP contribution in [0.3, 0.4) is 0 Å². The predicted molar refractivity (Wildman–Crippen MR) is 114 cm³/mol. The van der Waals surface area contributed by atoms with Gasteiger partial charge in [0.2, 0.25) is 0 Å². The molecule has 0 aliphatic carbocycles. The van der Waals surface area contributed by atoms with Crippen LogP contribution in [0.1, 0.15) is 55.9 Å². The molecule has 1 N–H and O–H groups in total. The van der Waals surface area contributed by atoms with Crippen LogP contribution in [0.25, 0.3) is 12.2 Å². The van der Waals surface area contributed by atoms with E-state index in [-0.39, 0.29) is 17.3 Å². The van der Waals surface area contributed by atoms with Gasteiger partial charge in [-0.1, -0.05) is 12.1 Å². The van der Waals surface area contributed by atoms with Gasteiger partial charge in [0.15, 0.2) is 0 Å². The first-order valence-corrected chi connectivity index (χ1v) is 10.1. The van der Waals surface area contributed by atoms with Gasteiger partial charge in [-0.25, -0.2) is 0 Å². The Balaban J connectivity index is 1.51. The van der Waals surface area contributed by atoms with E-state index in [1.54, 1.807) is 6.07 Å². The van der Waals surface area contributed by atoms with Gasteiger partial charge >= 0.3 is 0 Å². The van der Waals surface area contributed by atoms with Crippen molar-refractivity contribution < 1.29 is 19.3 Å². The smallest absolute Gasteiger partial charge is 0.135 e. The number of hydrogen-bond donors (Lipinski definition) is 1. The third-order valence-corrected chi connectivity index (χ3v) is 5.82. The maximum atomic E-state index is 10.3. The Hall–Kier alpha value is -2.88. The van der Waals surface area contributed by atoms with Crippen LogP contribution in [0.2, 0.25) is 0 Å². The van der Waals surface area contributed by atoms with Crippen molar-refractivity contribution in [2.45, 2.75) is 51.2 Å². The van der Waals surface area contributed by atoms with E-state index in [4.69, 9.17) is 14.2 Å². The highest BCUT2D eigenvalue weighted by atomic mass is 16.5.